The molecule has 2 aromatic rings. The van der Waals surface area contributed by atoms with E-state index in [2.05, 4.69) is 4.90 Å². The van der Waals surface area contributed by atoms with Crippen molar-refractivity contribution in [3.63, 3.8) is 0 Å². The number of rotatable bonds is 4. The third-order valence-electron chi connectivity index (χ3n) is 9.58. The maximum atomic E-state index is 14.6. The number of allylic oxidation sites excluding steroid dienone is 1. The Kier molecular flexibility index (Phi) is 6.58. The highest BCUT2D eigenvalue weighted by Crippen LogP contribution is 2.50. The third-order valence-corrected chi connectivity index (χ3v) is 11.4. The minimum atomic E-state index is -3.88. The monoisotopic (exact) mass is 576 g/mol. The predicted molar refractivity (Wildman–Crippen MR) is 154 cm³/mol. The number of nitrogens with zero attached hydrogens (tertiary/aromatic N) is 4. The highest BCUT2D eigenvalue weighted by Gasteiger charge is 2.55. The molecule has 6 heterocycles. The Morgan fingerprint density at radius 2 is 1.63 bits per heavy atom. The average molecular weight is 577 g/mol. The Hall–Kier alpha value is -3.37. The van der Waals surface area contributed by atoms with Crippen LogP contribution < -0.4 is 0 Å². The highest BCUT2D eigenvalue weighted by atomic mass is 32.2. The van der Waals surface area contributed by atoms with E-state index in [1.54, 1.807) is 17.0 Å². The quantitative estimate of drug-likeness (QED) is 0.556. The maximum Gasteiger partial charge on any atom is 0.246 e. The van der Waals surface area contributed by atoms with Gasteiger partial charge in [-0.1, -0.05) is 36.4 Å². The number of ether oxygens (including phenoxy) is 1. The first kappa shape index (κ1) is 26.5. The summed E-state index contributed by atoms with van der Waals surface area (Å²) >= 11 is 0. The van der Waals surface area contributed by atoms with Crippen molar-refractivity contribution in [1.82, 2.24) is 19.0 Å². The van der Waals surface area contributed by atoms with Crippen molar-refractivity contribution in [2.24, 2.45) is 5.41 Å². The van der Waals surface area contributed by atoms with E-state index in [0.717, 1.165) is 54.6 Å². The van der Waals surface area contributed by atoms with Crippen molar-refractivity contribution in [3.05, 3.63) is 66.1 Å². The van der Waals surface area contributed by atoms with Crippen LogP contribution in [0.2, 0.25) is 0 Å². The first-order chi connectivity index (χ1) is 19.9. The van der Waals surface area contributed by atoms with Crippen molar-refractivity contribution < 1.29 is 22.7 Å². The number of hydrogen-bond donors (Lipinski definition) is 0. The molecule has 9 nitrogen and oxygen atoms in total. The van der Waals surface area contributed by atoms with Crippen LogP contribution in [0.4, 0.5) is 0 Å². The van der Waals surface area contributed by atoms with Gasteiger partial charge < -0.3 is 19.4 Å². The van der Waals surface area contributed by atoms with Gasteiger partial charge in [-0.05, 0) is 61.1 Å². The summed E-state index contributed by atoms with van der Waals surface area (Å²) in [6.45, 7) is 3.51. The molecule has 0 saturated carbocycles. The molecule has 1 atom stereocenters. The molecule has 3 fully saturated rings. The number of hydrogen-bond acceptors (Lipinski definition) is 6. The zero-order valence-corrected chi connectivity index (χ0v) is 24.0. The summed E-state index contributed by atoms with van der Waals surface area (Å²) in [6, 6.07) is 11.9. The third kappa shape index (κ3) is 4.34. The smallest absolute Gasteiger partial charge is 0.246 e. The van der Waals surface area contributed by atoms with Crippen LogP contribution in [0.15, 0.2) is 71.0 Å². The van der Waals surface area contributed by atoms with Crippen LogP contribution in [0.3, 0.4) is 0 Å². The van der Waals surface area contributed by atoms with Gasteiger partial charge >= 0.3 is 0 Å². The van der Waals surface area contributed by atoms with Gasteiger partial charge in [-0.15, -0.1) is 0 Å². The highest BCUT2D eigenvalue weighted by molar-refractivity contribution is 7.89. The first-order valence-corrected chi connectivity index (χ1v) is 16.2. The maximum absolute atomic E-state index is 14.6. The number of sulfonamides is 1. The van der Waals surface area contributed by atoms with Gasteiger partial charge in [0.2, 0.25) is 21.8 Å². The number of piperidine rings is 2. The summed E-state index contributed by atoms with van der Waals surface area (Å²) in [5.74, 6) is 0.568. The van der Waals surface area contributed by atoms with Crippen LogP contribution in [0.1, 0.15) is 32.1 Å². The minimum Gasteiger partial charge on any atom is -0.475 e. The van der Waals surface area contributed by atoms with Crippen molar-refractivity contribution in [3.8, 4) is 0 Å². The molecule has 0 radical (unpaired) electrons. The van der Waals surface area contributed by atoms with Crippen LogP contribution in [-0.4, -0.2) is 97.7 Å². The fraction of sp³-hybridized carbons (Fsp3) is 0.484. The number of likely N-dealkylation sites (tertiary alicyclic amines) is 1. The summed E-state index contributed by atoms with van der Waals surface area (Å²) in [4.78, 5) is 34.6. The summed E-state index contributed by atoms with van der Waals surface area (Å²) in [5.41, 5.74) is 0.155. The molecule has 6 aliphatic rings. The second kappa shape index (κ2) is 10.2. The lowest BCUT2D eigenvalue weighted by Gasteiger charge is -2.53. The Morgan fingerprint density at radius 3 is 2.41 bits per heavy atom. The molecule has 10 heteroatoms. The molecule has 8 rings (SSSR count). The number of piperazine rings is 1. The molecule has 0 spiro atoms. The standard InChI is InChI=1S/C31H36N4O5S/c36-28(32-14-4-1-5-15-32)27-22-34(41(38,39)25-11-10-23-7-2-3-8-24(23)21-25)18-19-35(27)30(37)31-12-16-33(17-13-31)29-26(31)9-6-20-40-29/h2-3,6-11,21,27H,1,4-5,12-20,22H2. The zero-order chi connectivity index (χ0) is 28.2. The van der Waals surface area contributed by atoms with Crippen LogP contribution in [0.5, 0.6) is 0 Å². The molecule has 6 aliphatic heterocycles. The SMILES string of the molecule is O=C(C1CN(S(=O)(=O)c2ccc3ccccc3c2)CCN1C(=O)C12CCN(CC1)C1=C2C=CCO1)N1CCCCC1. The van der Waals surface area contributed by atoms with E-state index in [0.29, 0.717) is 32.5 Å². The summed E-state index contributed by atoms with van der Waals surface area (Å²) in [5, 5.41) is 1.81. The molecule has 41 heavy (non-hydrogen) atoms. The summed E-state index contributed by atoms with van der Waals surface area (Å²) in [7, 11) is -3.88. The Bertz CT molecular complexity index is 1550. The van der Waals surface area contributed by atoms with Gasteiger partial charge in [-0.3, -0.25) is 9.59 Å². The molecule has 2 bridgehead atoms. The van der Waals surface area contributed by atoms with Crippen LogP contribution in [0, 0.1) is 5.41 Å². The van der Waals surface area contributed by atoms with Gasteiger partial charge in [0, 0.05) is 51.4 Å². The predicted octanol–water partition coefficient (Wildman–Crippen LogP) is 2.95. The molecule has 1 unspecified atom stereocenters. The first-order valence-electron chi connectivity index (χ1n) is 14.8. The normalized spacial score (nSPS) is 24.4. The summed E-state index contributed by atoms with van der Waals surface area (Å²) < 4.78 is 35.2. The van der Waals surface area contributed by atoms with Gasteiger partial charge in [0.1, 0.15) is 12.6 Å². The Labute approximate surface area is 241 Å². The number of amides is 2. The molecule has 216 valence electrons. The molecular weight excluding hydrogens is 540 g/mol. The van der Waals surface area contributed by atoms with Crippen LogP contribution in [-0.2, 0) is 24.3 Å². The van der Waals surface area contributed by atoms with E-state index < -0.39 is 21.5 Å². The fourth-order valence-electron chi connectivity index (χ4n) is 7.27. The van der Waals surface area contributed by atoms with Crippen molar-refractivity contribution in [1.29, 1.82) is 0 Å². The van der Waals surface area contributed by atoms with E-state index in [-0.39, 0.29) is 36.3 Å². The van der Waals surface area contributed by atoms with E-state index >= 15 is 0 Å². The van der Waals surface area contributed by atoms with Gasteiger partial charge in [-0.25, -0.2) is 8.42 Å². The van der Waals surface area contributed by atoms with E-state index in [1.807, 2.05) is 47.4 Å². The average Bonchev–Trinajstić information content (AvgIpc) is 3.04. The van der Waals surface area contributed by atoms with Crippen LogP contribution >= 0.6 is 0 Å². The number of fused-ring (bicyclic) bond motifs is 3. The second-order valence-electron chi connectivity index (χ2n) is 11.8. The van der Waals surface area contributed by atoms with Gasteiger partial charge in [-0.2, -0.15) is 4.31 Å². The van der Waals surface area contributed by atoms with Crippen molar-refractivity contribution in [2.75, 3.05) is 52.4 Å². The molecule has 0 aromatic heterocycles. The molecule has 3 saturated heterocycles. The Balaban J connectivity index is 1.22. The molecule has 2 amide bonds. The molecule has 0 N–H and O–H groups in total. The Morgan fingerprint density at radius 1 is 0.878 bits per heavy atom. The lowest BCUT2D eigenvalue weighted by atomic mass is 9.67. The van der Waals surface area contributed by atoms with Crippen LogP contribution in [0.25, 0.3) is 10.8 Å². The number of benzene rings is 2. The lowest BCUT2D eigenvalue weighted by Crippen LogP contribution is -2.66. The largest absolute Gasteiger partial charge is 0.475 e. The fourth-order valence-corrected chi connectivity index (χ4v) is 8.74. The van der Waals surface area contributed by atoms with Gasteiger partial charge in [0.15, 0.2) is 5.88 Å². The van der Waals surface area contributed by atoms with E-state index in [1.165, 1.54) is 4.31 Å². The second-order valence-corrected chi connectivity index (χ2v) is 13.7. The zero-order valence-electron chi connectivity index (χ0n) is 23.2. The molecule has 0 aliphatic carbocycles. The minimum absolute atomic E-state index is 0.0450. The van der Waals surface area contributed by atoms with E-state index in [9.17, 15) is 18.0 Å². The number of carbonyl (C=O) groups is 2. The number of carbonyl (C=O) groups excluding carboxylic acids is 2. The lowest BCUT2D eigenvalue weighted by molar-refractivity contribution is -0.156. The molecular formula is C31H36N4O5S. The van der Waals surface area contributed by atoms with Gasteiger partial charge in [0.05, 0.1) is 10.3 Å². The topological polar surface area (TPSA) is 90.5 Å². The van der Waals surface area contributed by atoms with Crippen molar-refractivity contribution >= 4 is 32.6 Å². The molecule has 2 aromatic carbocycles. The van der Waals surface area contributed by atoms with Crippen molar-refractivity contribution in [2.45, 2.75) is 43.0 Å². The van der Waals surface area contributed by atoms with E-state index in [4.69, 9.17) is 4.74 Å². The van der Waals surface area contributed by atoms with Gasteiger partial charge in [0.25, 0.3) is 0 Å². The summed E-state index contributed by atoms with van der Waals surface area (Å²) in [6.07, 6.45) is 8.21.